The highest BCUT2D eigenvalue weighted by Gasteiger charge is 2.16. The summed E-state index contributed by atoms with van der Waals surface area (Å²) in [6.07, 6.45) is 1.60. The quantitative estimate of drug-likeness (QED) is 0.599. The van der Waals surface area contributed by atoms with E-state index in [0.717, 1.165) is 11.5 Å². The Labute approximate surface area is 146 Å². The standard InChI is InChI=1S/C16H8Cl3FN2O/c17-9-4-8-2-1-3-21-15(8)14(5-9)22-16(23)10-6-13(20)12(19)7-11(10)18/h1-7H,(H,22,23). The Morgan fingerprint density at radius 2 is 1.87 bits per heavy atom. The molecule has 3 rings (SSSR count). The van der Waals surface area contributed by atoms with E-state index in [9.17, 15) is 9.18 Å². The number of nitrogens with zero attached hydrogens (tertiary/aromatic N) is 1. The van der Waals surface area contributed by atoms with Gasteiger partial charge in [0.2, 0.25) is 0 Å². The number of benzene rings is 2. The first-order valence-corrected chi connectivity index (χ1v) is 7.59. The Bertz CT molecular complexity index is 931. The number of halogens is 4. The maximum Gasteiger partial charge on any atom is 0.257 e. The first-order valence-electron chi connectivity index (χ1n) is 6.46. The third kappa shape index (κ3) is 3.24. The van der Waals surface area contributed by atoms with Gasteiger partial charge in [-0.1, -0.05) is 40.9 Å². The minimum atomic E-state index is -0.727. The van der Waals surface area contributed by atoms with Crippen LogP contribution in [0.4, 0.5) is 10.1 Å². The summed E-state index contributed by atoms with van der Waals surface area (Å²) in [7, 11) is 0. The van der Waals surface area contributed by atoms with E-state index in [1.54, 1.807) is 24.4 Å². The predicted molar refractivity (Wildman–Crippen MR) is 91.1 cm³/mol. The van der Waals surface area contributed by atoms with Crippen molar-refractivity contribution < 1.29 is 9.18 Å². The zero-order chi connectivity index (χ0) is 16.6. The molecule has 116 valence electrons. The summed E-state index contributed by atoms with van der Waals surface area (Å²) in [5, 5.41) is 3.75. The Morgan fingerprint density at radius 1 is 1.09 bits per heavy atom. The van der Waals surface area contributed by atoms with Crippen LogP contribution in [0.1, 0.15) is 10.4 Å². The van der Waals surface area contributed by atoms with Gasteiger partial charge >= 0.3 is 0 Å². The minimum absolute atomic E-state index is 0.0300. The zero-order valence-corrected chi connectivity index (χ0v) is 13.7. The highest BCUT2D eigenvalue weighted by atomic mass is 35.5. The van der Waals surface area contributed by atoms with E-state index in [2.05, 4.69) is 10.3 Å². The van der Waals surface area contributed by atoms with Crippen molar-refractivity contribution in [3.63, 3.8) is 0 Å². The lowest BCUT2D eigenvalue weighted by Gasteiger charge is -2.10. The fraction of sp³-hybridized carbons (Fsp3) is 0. The van der Waals surface area contributed by atoms with Crippen LogP contribution in [0.15, 0.2) is 42.6 Å². The van der Waals surface area contributed by atoms with Crippen molar-refractivity contribution in [2.75, 3.05) is 5.32 Å². The van der Waals surface area contributed by atoms with Crippen LogP contribution < -0.4 is 5.32 Å². The molecule has 1 N–H and O–H groups in total. The molecule has 3 nitrogen and oxygen atoms in total. The predicted octanol–water partition coefficient (Wildman–Crippen LogP) is 5.59. The number of fused-ring (bicyclic) bond motifs is 1. The lowest BCUT2D eigenvalue weighted by atomic mass is 10.1. The Kier molecular flexibility index (Phi) is 4.39. The average molecular weight is 370 g/mol. The van der Waals surface area contributed by atoms with Gasteiger partial charge < -0.3 is 5.32 Å². The van der Waals surface area contributed by atoms with Crippen LogP contribution in [-0.4, -0.2) is 10.9 Å². The van der Waals surface area contributed by atoms with Crippen LogP contribution in [0.5, 0.6) is 0 Å². The van der Waals surface area contributed by atoms with E-state index >= 15 is 0 Å². The number of carbonyl (C=O) groups is 1. The second kappa shape index (κ2) is 6.32. The van der Waals surface area contributed by atoms with Crippen LogP contribution in [0.25, 0.3) is 10.9 Å². The van der Waals surface area contributed by atoms with Gasteiger partial charge in [0.25, 0.3) is 5.91 Å². The monoisotopic (exact) mass is 368 g/mol. The van der Waals surface area contributed by atoms with Gasteiger partial charge in [-0.2, -0.15) is 0 Å². The van der Waals surface area contributed by atoms with Crippen molar-refractivity contribution in [1.82, 2.24) is 4.98 Å². The van der Waals surface area contributed by atoms with E-state index in [0.29, 0.717) is 16.2 Å². The molecule has 0 unspecified atom stereocenters. The second-order valence-corrected chi connectivity index (χ2v) is 5.98. The summed E-state index contributed by atoms with van der Waals surface area (Å²) in [5.41, 5.74) is 0.943. The van der Waals surface area contributed by atoms with Crippen molar-refractivity contribution >= 4 is 57.3 Å². The fourth-order valence-electron chi connectivity index (χ4n) is 2.14. The van der Waals surface area contributed by atoms with E-state index in [4.69, 9.17) is 34.8 Å². The SMILES string of the molecule is O=C(Nc1cc(Cl)cc2cccnc12)c1cc(F)c(Cl)cc1Cl. The molecular weight excluding hydrogens is 362 g/mol. The maximum atomic E-state index is 13.6. The van der Waals surface area contributed by atoms with Crippen molar-refractivity contribution in [1.29, 1.82) is 0 Å². The molecule has 3 aromatic rings. The fourth-order valence-corrected chi connectivity index (χ4v) is 2.83. The summed E-state index contributed by atoms with van der Waals surface area (Å²) in [6.45, 7) is 0. The van der Waals surface area contributed by atoms with Crippen LogP contribution in [-0.2, 0) is 0 Å². The first kappa shape index (κ1) is 16.0. The third-order valence-corrected chi connectivity index (χ3v) is 3.99. The molecule has 0 saturated heterocycles. The molecule has 23 heavy (non-hydrogen) atoms. The van der Waals surface area contributed by atoms with E-state index in [1.165, 1.54) is 6.07 Å². The molecule has 0 fully saturated rings. The smallest absolute Gasteiger partial charge is 0.257 e. The summed E-state index contributed by atoms with van der Waals surface area (Å²) in [5.74, 6) is -1.31. The van der Waals surface area contributed by atoms with Gasteiger partial charge in [0, 0.05) is 16.6 Å². The second-order valence-electron chi connectivity index (χ2n) is 4.73. The van der Waals surface area contributed by atoms with E-state index in [1.807, 2.05) is 6.07 Å². The summed E-state index contributed by atoms with van der Waals surface area (Å²) < 4.78 is 13.6. The summed E-state index contributed by atoms with van der Waals surface area (Å²) >= 11 is 17.6. The van der Waals surface area contributed by atoms with Gasteiger partial charge in [-0.3, -0.25) is 9.78 Å². The molecule has 1 aromatic heterocycles. The number of hydrogen-bond acceptors (Lipinski definition) is 2. The van der Waals surface area contributed by atoms with Crippen LogP contribution in [0, 0.1) is 5.82 Å². The molecular formula is C16H8Cl3FN2O. The number of rotatable bonds is 2. The van der Waals surface area contributed by atoms with Gasteiger partial charge in [-0.05, 0) is 30.3 Å². The normalized spacial score (nSPS) is 10.8. The molecule has 1 amide bonds. The molecule has 1 heterocycles. The minimum Gasteiger partial charge on any atom is -0.320 e. The Morgan fingerprint density at radius 3 is 2.65 bits per heavy atom. The number of amides is 1. The topological polar surface area (TPSA) is 42.0 Å². The van der Waals surface area contributed by atoms with Crippen LogP contribution >= 0.6 is 34.8 Å². The first-order chi connectivity index (χ1) is 11.0. The van der Waals surface area contributed by atoms with Gasteiger partial charge in [0.1, 0.15) is 5.82 Å². The number of carbonyl (C=O) groups excluding carboxylic acids is 1. The maximum absolute atomic E-state index is 13.6. The highest BCUT2D eigenvalue weighted by molar-refractivity contribution is 6.37. The number of aromatic nitrogens is 1. The average Bonchev–Trinajstić information content (AvgIpc) is 2.50. The lowest BCUT2D eigenvalue weighted by molar-refractivity contribution is 0.102. The molecule has 0 spiro atoms. The zero-order valence-electron chi connectivity index (χ0n) is 11.4. The number of nitrogens with one attached hydrogen (secondary N) is 1. The van der Waals surface area contributed by atoms with Crippen molar-refractivity contribution in [2.45, 2.75) is 0 Å². The van der Waals surface area contributed by atoms with E-state index in [-0.39, 0.29) is 15.6 Å². The molecule has 0 saturated carbocycles. The number of hydrogen-bond donors (Lipinski definition) is 1. The summed E-state index contributed by atoms with van der Waals surface area (Å²) in [4.78, 5) is 16.6. The van der Waals surface area contributed by atoms with Crippen molar-refractivity contribution in [3.8, 4) is 0 Å². The van der Waals surface area contributed by atoms with Gasteiger partial charge in [-0.25, -0.2) is 4.39 Å². The largest absolute Gasteiger partial charge is 0.320 e. The molecule has 0 atom stereocenters. The third-order valence-electron chi connectivity index (χ3n) is 3.17. The molecule has 2 aromatic carbocycles. The molecule has 0 aliphatic rings. The van der Waals surface area contributed by atoms with Gasteiger partial charge in [0.05, 0.1) is 26.8 Å². The lowest BCUT2D eigenvalue weighted by Crippen LogP contribution is -2.13. The van der Waals surface area contributed by atoms with Gasteiger partial charge in [-0.15, -0.1) is 0 Å². The Hall–Kier alpha value is -1.88. The molecule has 0 radical (unpaired) electrons. The number of anilines is 1. The molecule has 0 bridgehead atoms. The molecule has 0 aliphatic carbocycles. The number of pyridine rings is 1. The molecule has 0 aliphatic heterocycles. The van der Waals surface area contributed by atoms with Crippen LogP contribution in [0.3, 0.4) is 0 Å². The van der Waals surface area contributed by atoms with Crippen LogP contribution in [0.2, 0.25) is 15.1 Å². The highest BCUT2D eigenvalue weighted by Crippen LogP contribution is 2.29. The van der Waals surface area contributed by atoms with Crippen molar-refractivity contribution in [2.24, 2.45) is 0 Å². The molecule has 7 heteroatoms. The summed E-state index contributed by atoms with van der Waals surface area (Å²) in [6, 6.07) is 9.04. The van der Waals surface area contributed by atoms with Gasteiger partial charge in [0.15, 0.2) is 0 Å². The van der Waals surface area contributed by atoms with Crippen molar-refractivity contribution in [3.05, 3.63) is 69.0 Å². The van der Waals surface area contributed by atoms with E-state index < -0.39 is 11.7 Å². The Balaban J connectivity index is 2.03.